The van der Waals surface area contributed by atoms with Gasteiger partial charge in [0.05, 0.1) is 5.69 Å². The maximum Gasteiger partial charge on any atom is 0.184 e. The number of piperazine rings is 1. The Morgan fingerprint density at radius 3 is 2.59 bits per heavy atom. The van der Waals surface area contributed by atoms with Gasteiger partial charge in [0.2, 0.25) is 0 Å². The summed E-state index contributed by atoms with van der Waals surface area (Å²) in [5, 5.41) is 3.47. The number of rotatable bonds is 6. The van der Waals surface area contributed by atoms with Crippen molar-refractivity contribution >= 4 is 5.69 Å². The van der Waals surface area contributed by atoms with E-state index < -0.39 is 0 Å². The summed E-state index contributed by atoms with van der Waals surface area (Å²) in [6, 6.07) is 10.8. The standard InChI is InChI=1S/C21H28N4O2/c1-22-18(15-17-5-7-23-8-6-17)16-24-9-11-25(12-10-24)19-3-2-4-20-21(19)27-14-13-26-20/h2-8,18,22H,9-16H2,1H3/t18-/m1/s1. The van der Waals surface area contributed by atoms with Gasteiger partial charge < -0.3 is 19.7 Å². The van der Waals surface area contributed by atoms with Crippen molar-refractivity contribution in [2.45, 2.75) is 12.5 Å². The number of para-hydroxylation sites is 1. The van der Waals surface area contributed by atoms with E-state index in [0.29, 0.717) is 19.3 Å². The number of nitrogens with one attached hydrogen (secondary N) is 1. The predicted octanol–water partition coefficient (Wildman–Crippen LogP) is 1.81. The van der Waals surface area contributed by atoms with Crippen molar-refractivity contribution in [3.05, 3.63) is 48.3 Å². The van der Waals surface area contributed by atoms with Gasteiger partial charge >= 0.3 is 0 Å². The molecule has 0 amide bonds. The van der Waals surface area contributed by atoms with Crippen molar-refractivity contribution in [2.75, 3.05) is 57.9 Å². The number of pyridine rings is 1. The summed E-state index contributed by atoms with van der Waals surface area (Å²) in [6.07, 6.45) is 4.76. The number of anilines is 1. The van der Waals surface area contributed by atoms with Crippen molar-refractivity contribution in [3.63, 3.8) is 0 Å². The van der Waals surface area contributed by atoms with Crippen LogP contribution in [0.15, 0.2) is 42.7 Å². The summed E-state index contributed by atoms with van der Waals surface area (Å²) in [4.78, 5) is 9.07. The Hall–Kier alpha value is -2.31. The first-order valence-electron chi connectivity index (χ1n) is 9.75. The van der Waals surface area contributed by atoms with E-state index in [4.69, 9.17) is 9.47 Å². The number of nitrogens with zero attached hydrogens (tertiary/aromatic N) is 3. The number of likely N-dealkylation sites (N-methyl/N-ethyl adjacent to an activating group) is 1. The van der Waals surface area contributed by atoms with Crippen molar-refractivity contribution in [1.29, 1.82) is 0 Å². The minimum atomic E-state index is 0.445. The van der Waals surface area contributed by atoms with Gasteiger partial charge in [0.15, 0.2) is 11.5 Å². The molecule has 144 valence electrons. The lowest BCUT2D eigenvalue weighted by molar-refractivity contribution is 0.171. The molecule has 0 aliphatic carbocycles. The molecule has 0 unspecified atom stereocenters. The second-order valence-corrected chi connectivity index (χ2v) is 7.13. The molecule has 2 aliphatic rings. The number of aromatic nitrogens is 1. The second-order valence-electron chi connectivity index (χ2n) is 7.13. The summed E-state index contributed by atoms with van der Waals surface area (Å²) < 4.78 is 11.6. The van der Waals surface area contributed by atoms with E-state index in [-0.39, 0.29) is 0 Å². The number of ether oxygens (including phenoxy) is 2. The molecule has 6 nitrogen and oxygen atoms in total. The highest BCUT2D eigenvalue weighted by Gasteiger charge is 2.24. The van der Waals surface area contributed by atoms with Crippen LogP contribution in [-0.2, 0) is 6.42 Å². The average Bonchev–Trinajstić information content (AvgIpc) is 2.74. The van der Waals surface area contributed by atoms with Gasteiger partial charge in [-0.25, -0.2) is 0 Å². The third-order valence-corrected chi connectivity index (χ3v) is 5.38. The number of fused-ring (bicyclic) bond motifs is 1. The van der Waals surface area contributed by atoms with Crippen LogP contribution < -0.4 is 19.7 Å². The van der Waals surface area contributed by atoms with E-state index >= 15 is 0 Å². The largest absolute Gasteiger partial charge is 0.486 e. The van der Waals surface area contributed by atoms with E-state index in [0.717, 1.165) is 56.3 Å². The van der Waals surface area contributed by atoms with Crippen LogP contribution in [0.25, 0.3) is 0 Å². The molecule has 1 atom stereocenters. The Labute approximate surface area is 161 Å². The molecular weight excluding hydrogens is 340 g/mol. The molecule has 0 radical (unpaired) electrons. The number of hydrogen-bond donors (Lipinski definition) is 1. The molecule has 2 aliphatic heterocycles. The van der Waals surface area contributed by atoms with Crippen LogP contribution in [0.3, 0.4) is 0 Å². The Morgan fingerprint density at radius 1 is 1.04 bits per heavy atom. The van der Waals surface area contributed by atoms with Crippen LogP contribution >= 0.6 is 0 Å². The maximum atomic E-state index is 5.89. The quantitative estimate of drug-likeness (QED) is 0.839. The zero-order valence-corrected chi connectivity index (χ0v) is 15.9. The van der Waals surface area contributed by atoms with Crippen LogP contribution in [0, 0.1) is 0 Å². The zero-order valence-electron chi connectivity index (χ0n) is 15.9. The topological polar surface area (TPSA) is 49.9 Å². The lowest BCUT2D eigenvalue weighted by Gasteiger charge is -2.38. The van der Waals surface area contributed by atoms with Gasteiger partial charge in [0.25, 0.3) is 0 Å². The lowest BCUT2D eigenvalue weighted by Crippen LogP contribution is -2.51. The van der Waals surface area contributed by atoms with Crippen LogP contribution in [0.4, 0.5) is 5.69 Å². The van der Waals surface area contributed by atoms with Crippen LogP contribution in [0.1, 0.15) is 5.56 Å². The Bertz CT molecular complexity index is 732. The summed E-state index contributed by atoms with van der Waals surface area (Å²) in [7, 11) is 2.05. The Kier molecular flexibility index (Phi) is 5.75. The molecule has 1 saturated heterocycles. The molecule has 4 rings (SSSR count). The van der Waals surface area contributed by atoms with Crippen molar-refractivity contribution in [2.24, 2.45) is 0 Å². The zero-order chi connectivity index (χ0) is 18.5. The first kappa shape index (κ1) is 18.1. The molecule has 3 heterocycles. The van der Waals surface area contributed by atoms with E-state index in [1.54, 1.807) is 0 Å². The van der Waals surface area contributed by atoms with E-state index in [1.807, 2.05) is 18.5 Å². The first-order chi connectivity index (χ1) is 13.3. The molecular formula is C21H28N4O2. The summed E-state index contributed by atoms with van der Waals surface area (Å²) in [5.74, 6) is 1.77. The molecule has 0 bridgehead atoms. The molecule has 1 aromatic heterocycles. The normalized spacial score (nSPS) is 18.3. The molecule has 1 N–H and O–H groups in total. The van der Waals surface area contributed by atoms with Crippen molar-refractivity contribution in [3.8, 4) is 11.5 Å². The summed E-state index contributed by atoms with van der Waals surface area (Å²) >= 11 is 0. The van der Waals surface area contributed by atoms with Gasteiger partial charge in [-0.2, -0.15) is 0 Å². The maximum absolute atomic E-state index is 5.89. The monoisotopic (exact) mass is 368 g/mol. The van der Waals surface area contributed by atoms with Crippen LogP contribution in [0.2, 0.25) is 0 Å². The summed E-state index contributed by atoms with van der Waals surface area (Å²) in [6.45, 7) is 6.43. The highest BCUT2D eigenvalue weighted by Crippen LogP contribution is 2.39. The van der Waals surface area contributed by atoms with Gasteiger partial charge in [-0.3, -0.25) is 9.88 Å². The lowest BCUT2D eigenvalue weighted by atomic mass is 10.1. The third kappa shape index (κ3) is 4.34. The number of hydrogen-bond acceptors (Lipinski definition) is 6. The van der Waals surface area contributed by atoms with Crippen LogP contribution in [0.5, 0.6) is 11.5 Å². The fourth-order valence-electron chi connectivity index (χ4n) is 3.85. The molecule has 0 saturated carbocycles. The molecule has 2 aromatic rings. The Balaban J connectivity index is 1.34. The van der Waals surface area contributed by atoms with E-state index in [9.17, 15) is 0 Å². The van der Waals surface area contributed by atoms with E-state index in [1.165, 1.54) is 5.56 Å². The second kappa shape index (κ2) is 8.59. The van der Waals surface area contributed by atoms with Gasteiger partial charge in [-0.05, 0) is 43.3 Å². The summed E-state index contributed by atoms with van der Waals surface area (Å²) in [5.41, 5.74) is 2.49. The van der Waals surface area contributed by atoms with E-state index in [2.05, 4.69) is 51.4 Å². The number of benzene rings is 1. The highest BCUT2D eigenvalue weighted by atomic mass is 16.6. The van der Waals surface area contributed by atoms with Gasteiger partial charge in [0, 0.05) is 51.2 Å². The fraction of sp³-hybridized carbons (Fsp3) is 0.476. The minimum absolute atomic E-state index is 0.445. The molecule has 0 spiro atoms. The van der Waals surface area contributed by atoms with Crippen molar-refractivity contribution < 1.29 is 9.47 Å². The minimum Gasteiger partial charge on any atom is -0.486 e. The van der Waals surface area contributed by atoms with Gasteiger partial charge in [-0.1, -0.05) is 6.07 Å². The molecule has 27 heavy (non-hydrogen) atoms. The van der Waals surface area contributed by atoms with Gasteiger partial charge in [-0.15, -0.1) is 0 Å². The smallest absolute Gasteiger partial charge is 0.184 e. The molecule has 1 aromatic carbocycles. The fourth-order valence-corrected chi connectivity index (χ4v) is 3.85. The van der Waals surface area contributed by atoms with Gasteiger partial charge in [0.1, 0.15) is 13.2 Å². The van der Waals surface area contributed by atoms with Crippen molar-refractivity contribution in [1.82, 2.24) is 15.2 Å². The highest BCUT2D eigenvalue weighted by molar-refractivity contribution is 5.65. The third-order valence-electron chi connectivity index (χ3n) is 5.38. The van der Waals surface area contributed by atoms with Crippen LogP contribution in [-0.4, -0.2) is 68.9 Å². The molecule has 6 heteroatoms. The molecule has 1 fully saturated rings. The average molecular weight is 368 g/mol. The first-order valence-corrected chi connectivity index (χ1v) is 9.75. The SMILES string of the molecule is CN[C@H](Cc1ccncc1)CN1CCN(c2cccc3c2OCCO3)CC1. The Morgan fingerprint density at radius 2 is 1.81 bits per heavy atom. The predicted molar refractivity (Wildman–Crippen MR) is 107 cm³/mol.